The molecule has 0 fully saturated rings. The minimum atomic E-state index is -1.37. The molecule has 0 spiro atoms. The van der Waals surface area contributed by atoms with Gasteiger partial charge >= 0.3 is 0 Å². The first kappa shape index (κ1) is 21.3. The van der Waals surface area contributed by atoms with Crippen LogP contribution in [0.4, 0.5) is 0 Å². The molecule has 2 amide bonds. The number of hydrogen-bond donors (Lipinski definition) is 4. The van der Waals surface area contributed by atoms with Crippen LogP contribution in [0.1, 0.15) is 37.0 Å². The fraction of sp³-hybridized carbons (Fsp3) is 0.529. The van der Waals surface area contributed by atoms with Crippen LogP contribution in [0.15, 0.2) is 24.3 Å². The summed E-state index contributed by atoms with van der Waals surface area (Å²) < 4.78 is 5.44. The third kappa shape index (κ3) is 7.76. The van der Waals surface area contributed by atoms with E-state index >= 15 is 0 Å². The minimum absolute atomic E-state index is 0.363. The normalized spacial score (nSPS) is 13.0. The number of amides is 2. The Morgan fingerprint density at radius 1 is 1.24 bits per heavy atom. The van der Waals surface area contributed by atoms with E-state index in [1.165, 1.54) is 0 Å². The van der Waals surface area contributed by atoms with Crippen molar-refractivity contribution in [3.05, 3.63) is 29.8 Å². The van der Waals surface area contributed by atoms with Crippen LogP contribution >= 0.6 is 11.8 Å². The molecule has 1 rings (SSSR count). The van der Waals surface area contributed by atoms with Crippen LogP contribution in [-0.2, 0) is 4.79 Å². The van der Waals surface area contributed by atoms with Gasteiger partial charge in [0.1, 0.15) is 11.9 Å². The maximum Gasteiger partial charge on any atom is 0.269 e. The zero-order valence-electron chi connectivity index (χ0n) is 14.7. The maximum atomic E-state index is 12.0. The second-order valence-corrected chi connectivity index (χ2v) is 6.80. The molecule has 25 heavy (non-hydrogen) atoms. The number of carbonyl (C=O) groups is 2. The maximum absolute atomic E-state index is 12.0. The third-order valence-corrected chi connectivity index (χ3v) is 4.30. The number of rotatable bonds is 10. The number of thioether (sulfide) groups is 1. The van der Waals surface area contributed by atoms with Gasteiger partial charge < -0.3 is 15.6 Å². The highest BCUT2D eigenvalue weighted by molar-refractivity contribution is 7.99. The van der Waals surface area contributed by atoms with Crippen molar-refractivity contribution in [2.24, 2.45) is 5.73 Å². The van der Waals surface area contributed by atoms with E-state index in [9.17, 15) is 14.7 Å². The Balaban J connectivity index is 2.42. The van der Waals surface area contributed by atoms with E-state index in [0.717, 1.165) is 17.9 Å². The lowest BCUT2D eigenvalue weighted by Gasteiger charge is -2.18. The van der Waals surface area contributed by atoms with E-state index in [0.29, 0.717) is 24.3 Å². The van der Waals surface area contributed by atoms with Crippen molar-refractivity contribution in [1.82, 2.24) is 10.9 Å². The van der Waals surface area contributed by atoms with Gasteiger partial charge in [0, 0.05) is 11.6 Å². The molecule has 5 N–H and O–H groups in total. The van der Waals surface area contributed by atoms with Gasteiger partial charge in [-0.25, -0.2) is 0 Å². The number of nitrogens with two attached hydrogens (primary N) is 1. The Bertz CT molecular complexity index is 539. The van der Waals surface area contributed by atoms with Crippen molar-refractivity contribution in [2.75, 3.05) is 18.1 Å². The smallest absolute Gasteiger partial charge is 0.269 e. The van der Waals surface area contributed by atoms with E-state index in [4.69, 9.17) is 10.5 Å². The molecule has 0 aliphatic heterocycles. The van der Waals surface area contributed by atoms with Gasteiger partial charge in [-0.3, -0.25) is 20.4 Å². The van der Waals surface area contributed by atoms with Gasteiger partial charge in [-0.1, -0.05) is 13.8 Å². The molecule has 8 heteroatoms. The van der Waals surface area contributed by atoms with Crippen molar-refractivity contribution in [3.63, 3.8) is 0 Å². The van der Waals surface area contributed by atoms with Gasteiger partial charge in [0.15, 0.2) is 0 Å². The lowest BCUT2D eigenvalue weighted by molar-refractivity contribution is -0.131. The number of carbonyl (C=O) groups excluding carboxylic acids is 2. The molecule has 140 valence electrons. The van der Waals surface area contributed by atoms with Crippen LogP contribution in [0, 0.1) is 0 Å². The number of hydrazine groups is 1. The summed E-state index contributed by atoms with van der Waals surface area (Å²) in [5.74, 6) is 1.17. The van der Waals surface area contributed by atoms with Gasteiger partial charge in [-0.05, 0) is 48.6 Å². The summed E-state index contributed by atoms with van der Waals surface area (Å²) in [6, 6.07) is 5.88. The van der Waals surface area contributed by atoms with Crippen LogP contribution in [0.5, 0.6) is 5.75 Å². The van der Waals surface area contributed by atoms with Gasteiger partial charge in [0.25, 0.3) is 11.8 Å². The van der Waals surface area contributed by atoms with Crippen LogP contribution in [0.25, 0.3) is 0 Å². The van der Waals surface area contributed by atoms with Crippen molar-refractivity contribution < 1.29 is 19.4 Å². The van der Waals surface area contributed by atoms with Crippen LogP contribution in [0.2, 0.25) is 0 Å². The number of nitrogens with one attached hydrogen (secondary N) is 2. The molecule has 0 aliphatic carbocycles. The summed E-state index contributed by atoms with van der Waals surface area (Å²) >= 11 is 1.68. The van der Waals surface area contributed by atoms with Gasteiger partial charge in [0.2, 0.25) is 0 Å². The van der Waals surface area contributed by atoms with Gasteiger partial charge in [0.05, 0.1) is 6.61 Å². The zero-order chi connectivity index (χ0) is 18.7. The molecule has 0 heterocycles. The SMILES string of the molecule is CCCOc1ccc(C(=O)NNC(=O)C(O)[C@H](N)CCSCC)cc1. The third-order valence-electron chi connectivity index (χ3n) is 3.36. The molecular formula is C17H27N3O4S. The average molecular weight is 369 g/mol. The van der Waals surface area contributed by atoms with Gasteiger partial charge in [-0.2, -0.15) is 11.8 Å². The number of hydrogen-bond acceptors (Lipinski definition) is 6. The van der Waals surface area contributed by atoms with Crippen molar-refractivity contribution in [3.8, 4) is 5.75 Å². The molecule has 0 radical (unpaired) electrons. The first-order valence-corrected chi connectivity index (χ1v) is 9.49. The van der Waals surface area contributed by atoms with Crippen molar-refractivity contribution in [1.29, 1.82) is 0 Å². The van der Waals surface area contributed by atoms with Crippen LogP contribution < -0.4 is 21.3 Å². The zero-order valence-corrected chi connectivity index (χ0v) is 15.5. The van der Waals surface area contributed by atoms with Crippen LogP contribution in [0.3, 0.4) is 0 Å². The summed E-state index contributed by atoms with van der Waals surface area (Å²) in [7, 11) is 0. The van der Waals surface area contributed by atoms with Crippen LogP contribution in [-0.4, -0.2) is 47.2 Å². The summed E-state index contributed by atoms with van der Waals surface area (Å²) in [6.45, 7) is 4.64. The molecule has 1 unspecified atom stereocenters. The molecule has 0 saturated carbocycles. The van der Waals surface area contributed by atoms with E-state index in [1.54, 1.807) is 36.0 Å². The second kappa shape index (κ2) is 11.7. The highest BCUT2D eigenvalue weighted by Gasteiger charge is 2.23. The Kier molecular flexibility index (Phi) is 9.98. The highest BCUT2D eigenvalue weighted by Crippen LogP contribution is 2.12. The molecule has 0 saturated heterocycles. The lowest BCUT2D eigenvalue weighted by Crippen LogP contribution is -2.52. The van der Waals surface area contributed by atoms with E-state index in [1.807, 2.05) is 13.8 Å². The molecule has 7 nitrogen and oxygen atoms in total. The second-order valence-electron chi connectivity index (χ2n) is 5.41. The molecule has 0 aromatic heterocycles. The molecular weight excluding hydrogens is 342 g/mol. The van der Waals surface area contributed by atoms with Crippen molar-refractivity contribution in [2.45, 2.75) is 38.8 Å². The summed E-state index contributed by atoms with van der Waals surface area (Å²) in [6.07, 6.45) is 0.0402. The Hall–Kier alpha value is -1.77. The molecule has 0 bridgehead atoms. The van der Waals surface area contributed by atoms with E-state index in [-0.39, 0.29) is 0 Å². The quantitative estimate of drug-likeness (QED) is 0.362. The molecule has 2 atom stereocenters. The van der Waals surface area contributed by atoms with Crippen molar-refractivity contribution >= 4 is 23.6 Å². The number of benzene rings is 1. The first-order chi connectivity index (χ1) is 12.0. The largest absolute Gasteiger partial charge is 0.494 e. The number of aliphatic hydroxyl groups is 1. The monoisotopic (exact) mass is 369 g/mol. The number of aliphatic hydroxyl groups excluding tert-OH is 1. The predicted molar refractivity (Wildman–Crippen MR) is 99.4 cm³/mol. The topological polar surface area (TPSA) is 114 Å². The predicted octanol–water partition coefficient (Wildman–Crippen LogP) is 1.07. The Morgan fingerprint density at radius 3 is 2.52 bits per heavy atom. The minimum Gasteiger partial charge on any atom is -0.494 e. The Labute approximate surface area is 152 Å². The molecule has 1 aromatic rings. The highest BCUT2D eigenvalue weighted by atomic mass is 32.2. The fourth-order valence-electron chi connectivity index (χ4n) is 1.90. The molecule has 0 aliphatic rings. The lowest BCUT2D eigenvalue weighted by atomic mass is 10.1. The van der Waals surface area contributed by atoms with E-state index < -0.39 is 24.0 Å². The fourth-order valence-corrected chi connectivity index (χ4v) is 2.63. The summed E-state index contributed by atoms with van der Waals surface area (Å²) in [5, 5.41) is 9.87. The van der Waals surface area contributed by atoms with E-state index in [2.05, 4.69) is 10.9 Å². The van der Waals surface area contributed by atoms with Gasteiger partial charge in [-0.15, -0.1) is 0 Å². The summed E-state index contributed by atoms with van der Waals surface area (Å²) in [5.41, 5.74) is 10.6. The number of ether oxygens (including phenoxy) is 1. The average Bonchev–Trinajstić information content (AvgIpc) is 2.63. The first-order valence-electron chi connectivity index (χ1n) is 8.34. The Morgan fingerprint density at radius 2 is 1.92 bits per heavy atom. The summed E-state index contributed by atoms with van der Waals surface area (Å²) in [4.78, 5) is 23.8. The standard InChI is InChI=1S/C17H27N3O4S/c1-3-10-24-13-7-5-12(6-8-13)16(22)19-20-17(23)15(21)14(18)9-11-25-4-2/h5-8,14-15,21H,3-4,9-11,18H2,1-2H3,(H,19,22)(H,20,23)/t14-,15?/m1/s1. The molecule has 1 aromatic carbocycles.